The van der Waals surface area contributed by atoms with Gasteiger partial charge in [0.25, 0.3) is 5.56 Å². The highest BCUT2D eigenvalue weighted by molar-refractivity contribution is 7.20. The van der Waals surface area contributed by atoms with E-state index in [2.05, 4.69) is 62.4 Å². The van der Waals surface area contributed by atoms with Crippen LogP contribution >= 0.6 is 11.3 Å². The van der Waals surface area contributed by atoms with E-state index in [4.69, 9.17) is 9.72 Å². The fourth-order valence-corrected chi connectivity index (χ4v) is 5.63. The van der Waals surface area contributed by atoms with Crippen LogP contribution in [-0.4, -0.2) is 26.2 Å². The van der Waals surface area contributed by atoms with E-state index in [1.165, 1.54) is 16.8 Å². The van der Waals surface area contributed by atoms with E-state index in [1.54, 1.807) is 18.4 Å². The van der Waals surface area contributed by atoms with Crippen molar-refractivity contribution in [3.63, 3.8) is 0 Å². The van der Waals surface area contributed by atoms with Gasteiger partial charge in [-0.2, -0.15) is 0 Å². The zero-order chi connectivity index (χ0) is 25.8. The van der Waals surface area contributed by atoms with Gasteiger partial charge in [-0.05, 0) is 61.2 Å². The summed E-state index contributed by atoms with van der Waals surface area (Å²) in [6.45, 7) is 10.5. The standard InChI is InChI=1S/C28H28N4O3S/c1-16-7-8-17(2)32(16)27-29-22-10-9-18(13-23(22)36-27)20-14-19(31-12-11-24(33)30-26(31)34)15-21(25(20)35-6)28(3,4)5/h7-15H,1-6H3,(H,30,33,34). The van der Waals surface area contributed by atoms with E-state index in [0.29, 0.717) is 5.69 Å². The fourth-order valence-electron chi connectivity index (χ4n) is 4.51. The second-order valence-electron chi connectivity index (χ2n) is 9.93. The summed E-state index contributed by atoms with van der Waals surface area (Å²) >= 11 is 1.64. The fraction of sp³-hybridized carbons (Fsp3) is 0.250. The average molecular weight is 501 g/mol. The third kappa shape index (κ3) is 4.07. The van der Waals surface area contributed by atoms with Crippen molar-refractivity contribution in [3.05, 3.63) is 92.5 Å². The van der Waals surface area contributed by atoms with E-state index in [0.717, 1.165) is 49.2 Å². The molecule has 3 aromatic heterocycles. The maximum Gasteiger partial charge on any atom is 0.332 e. The molecule has 0 aliphatic heterocycles. The number of nitrogens with one attached hydrogen (secondary N) is 1. The monoisotopic (exact) mass is 500 g/mol. The van der Waals surface area contributed by atoms with E-state index in [1.807, 2.05) is 24.3 Å². The van der Waals surface area contributed by atoms with Gasteiger partial charge < -0.3 is 4.74 Å². The minimum Gasteiger partial charge on any atom is -0.496 e. The molecular formula is C28H28N4O3S. The number of benzene rings is 2. The van der Waals surface area contributed by atoms with Gasteiger partial charge in [0.2, 0.25) is 0 Å². The number of methoxy groups -OCH3 is 1. The summed E-state index contributed by atoms with van der Waals surface area (Å²) in [6, 6.07) is 15.6. The van der Waals surface area contributed by atoms with Crippen LogP contribution in [0.4, 0.5) is 0 Å². The Kier molecular flexibility index (Phi) is 5.71. The molecular weight excluding hydrogens is 472 g/mol. The van der Waals surface area contributed by atoms with Crippen LogP contribution in [0.1, 0.15) is 37.7 Å². The first-order valence-corrected chi connectivity index (χ1v) is 12.5. The summed E-state index contributed by atoms with van der Waals surface area (Å²) < 4.78 is 10.6. The Bertz CT molecular complexity index is 1710. The number of aromatic amines is 1. The Morgan fingerprint density at radius 3 is 2.33 bits per heavy atom. The number of aryl methyl sites for hydroxylation is 2. The topological polar surface area (TPSA) is 81.9 Å². The third-order valence-corrected chi connectivity index (χ3v) is 7.34. The van der Waals surface area contributed by atoms with Crippen molar-refractivity contribution in [1.29, 1.82) is 0 Å². The molecule has 0 atom stereocenters. The van der Waals surface area contributed by atoms with E-state index in [9.17, 15) is 9.59 Å². The predicted molar refractivity (Wildman–Crippen MR) is 145 cm³/mol. The Labute approximate surface area is 212 Å². The second kappa shape index (κ2) is 8.64. The van der Waals surface area contributed by atoms with Crippen LogP contribution in [0.15, 0.2) is 64.3 Å². The molecule has 0 unspecified atom stereocenters. The first-order valence-electron chi connectivity index (χ1n) is 11.7. The van der Waals surface area contributed by atoms with Crippen molar-refractivity contribution >= 4 is 21.6 Å². The molecule has 0 fully saturated rings. The Morgan fingerprint density at radius 1 is 0.972 bits per heavy atom. The number of nitrogens with zero attached hydrogens (tertiary/aromatic N) is 3. The minimum atomic E-state index is -0.488. The molecule has 7 nitrogen and oxygen atoms in total. The number of H-pyrrole nitrogens is 1. The third-order valence-electron chi connectivity index (χ3n) is 6.34. The van der Waals surface area contributed by atoms with Crippen LogP contribution in [0.25, 0.3) is 32.2 Å². The zero-order valence-corrected chi connectivity index (χ0v) is 22.0. The summed E-state index contributed by atoms with van der Waals surface area (Å²) in [6.07, 6.45) is 1.50. The van der Waals surface area contributed by atoms with E-state index in [-0.39, 0.29) is 5.41 Å². The number of hydrogen-bond donors (Lipinski definition) is 1. The van der Waals surface area contributed by atoms with Gasteiger partial charge in [-0.15, -0.1) is 0 Å². The van der Waals surface area contributed by atoms with Crippen LogP contribution in [0.5, 0.6) is 5.75 Å². The number of aromatic nitrogens is 4. The molecule has 0 aliphatic carbocycles. The lowest BCUT2D eigenvalue weighted by Gasteiger charge is -2.25. The molecule has 1 N–H and O–H groups in total. The molecule has 36 heavy (non-hydrogen) atoms. The van der Waals surface area contributed by atoms with Crippen LogP contribution in [-0.2, 0) is 5.41 Å². The lowest BCUT2D eigenvalue weighted by atomic mass is 9.83. The zero-order valence-electron chi connectivity index (χ0n) is 21.2. The molecule has 2 aromatic carbocycles. The van der Waals surface area contributed by atoms with Gasteiger partial charge in [-0.3, -0.25) is 18.9 Å². The van der Waals surface area contributed by atoms with Gasteiger partial charge in [-0.25, -0.2) is 9.78 Å². The molecule has 184 valence electrons. The second-order valence-corrected chi connectivity index (χ2v) is 10.9. The first-order chi connectivity index (χ1) is 17.1. The van der Waals surface area contributed by atoms with Crippen LogP contribution < -0.4 is 16.0 Å². The number of rotatable bonds is 4. The van der Waals surface area contributed by atoms with Gasteiger partial charge >= 0.3 is 5.69 Å². The van der Waals surface area contributed by atoms with Gasteiger partial charge in [0.1, 0.15) is 5.75 Å². The molecule has 0 amide bonds. The van der Waals surface area contributed by atoms with Gasteiger partial charge in [-0.1, -0.05) is 38.2 Å². The molecule has 5 rings (SSSR count). The highest BCUT2D eigenvalue weighted by atomic mass is 32.1. The van der Waals surface area contributed by atoms with Gasteiger partial charge in [0.15, 0.2) is 5.13 Å². The summed E-state index contributed by atoms with van der Waals surface area (Å²) in [5, 5.41) is 0.929. The summed E-state index contributed by atoms with van der Waals surface area (Å²) in [7, 11) is 1.67. The predicted octanol–water partition coefficient (Wildman–Crippen LogP) is 5.52. The normalized spacial score (nSPS) is 11.8. The molecule has 0 saturated heterocycles. The molecule has 0 aliphatic rings. The number of hydrogen-bond acceptors (Lipinski definition) is 5. The van der Waals surface area contributed by atoms with Crippen molar-refractivity contribution in [1.82, 2.24) is 19.1 Å². The average Bonchev–Trinajstić information content (AvgIpc) is 3.38. The van der Waals surface area contributed by atoms with E-state index >= 15 is 0 Å². The number of fused-ring (bicyclic) bond motifs is 1. The maximum absolute atomic E-state index is 12.6. The lowest BCUT2D eigenvalue weighted by molar-refractivity contribution is 0.399. The van der Waals surface area contributed by atoms with Crippen molar-refractivity contribution in [3.8, 4) is 27.7 Å². The molecule has 0 saturated carbocycles. The molecule has 0 bridgehead atoms. The first kappa shape index (κ1) is 23.8. The summed E-state index contributed by atoms with van der Waals surface area (Å²) in [5.74, 6) is 0.755. The van der Waals surface area contributed by atoms with Crippen molar-refractivity contribution in [2.45, 2.75) is 40.0 Å². The Balaban J connectivity index is 1.74. The number of thiazole rings is 1. The largest absolute Gasteiger partial charge is 0.496 e. The van der Waals surface area contributed by atoms with Crippen LogP contribution in [0.3, 0.4) is 0 Å². The molecule has 3 heterocycles. The van der Waals surface area contributed by atoms with Crippen molar-refractivity contribution in [2.24, 2.45) is 0 Å². The molecule has 8 heteroatoms. The van der Waals surface area contributed by atoms with Crippen molar-refractivity contribution in [2.75, 3.05) is 7.11 Å². The van der Waals surface area contributed by atoms with Gasteiger partial charge in [0, 0.05) is 34.8 Å². The van der Waals surface area contributed by atoms with Crippen molar-refractivity contribution < 1.29 is 4.74 Å². The summed E-state index contributed by atoms with van der Waals surface area (Å²) in [5.41, 5.74) is 5.47. The van der Waals surface area contributed by atoms with E-state index < -0.39 is 11.2 Å². The lowest BCUT2D eigenvalue weighted by Crippen LogP contribution is -2.27. The molecule has 0 spiro atoms. The molecule has 0 radical (unpaired) electrons. The molecule has 5 aromatic rings. The Morgan fingerprint density at radius 2 is 1.69 bits per heavy atom. The Hall–Kier alpha value is -3.91. The summed E-state index contributed by atoms with van der Waals surface area (Å²) in [4.78, 5) is 31.5. The maximum atomic E-state index is 12.6. The SMILES string of the molecule is COc1c(-c2ccc3nc(-n4c(C)ccc4C)sc3c2)cc(-n2ccc(=O)[nH]c2=O)cc1C(C)(C)C. The quantitative estimate of drug-likeness (QED) is 0.352. The number of ether oxygens (including phenoxy) is 1. The van der Waals surface area contributed by atoms with Crippen LogP contribution in [0.2, 0.25) is 0 Å². The van der Waals surface area contributed by atoms with Crippen LogP contribution in [0, 0.1) is 13.8 Å². The van der Waals surface area contributed by atoms with Gasteiger partial charge in [0.05, 0.1) is 23.0 Å². The highest BCUT2D eigenvalue weighted by Gasteiger charge is 2.24. The highest BCUT2D eigenvalue weighted by Crippen LogP contribution is 2.42. The smallest absolute Gasteiger partial charge is 0.332 e. The minimum absolute atomic E-state index is 0.257.